The Morgan fingerprint density at radius 1 is 1.29 bits per heavy atom. The molecule has 0 spiro atoms. The summed E-state index contributed by atoms with van der Waals surface area (Å²) >= 11 is 0. The van der Waals surface area contributed by atoms with Gasteiger partial charge in [0.15, 0.2) is 0 Å². The summed E-state index contributed by atoms with van der Waals surface area (Å²) in [4.78, 5) is 17.5. The van der Waals surface area contributed by atoms with E-state index < -0.39 is 0 Å². The average Bonchev–Trinajstić information content (AvgIpc) is 3.00. The molecule has 21 heavy (non-hydrogen) atoms. The van der Waals surface area contributed by atoms with Crippen molar-refractivity contribution in [3.8, 4) is 0 Å². The molecule has 0 radical (unpaired) electrons. The number of nitrogens with two attached hydrogens (primary N) is 1. The standard InChI is InChI=1S/C17H25N3O/c1-2-15-11-19-9-3-4-16(19)12-20(15)17(21)14-7-5-13(10-18)6-8-14/h5-8,15-16H,2-4,9-12,18H2,1H3. The molecule has 0 aliphatic carbocycles. The van der Waals surface area contributed by atoms with Crippen LogP contribution in [0.2, 0.25) is 0 Å². The van der Waals surface area contributed by atoms with Crippen LogP contribution in [-0.4, -0.2) is 47.4 Å². The lowest BCUT2D eigenvalue weighted by molar-refractivity contribution is 0.0345. The summed E-state index contributed by atoms with van der Waals surface area (Å²) in [6.45, 7) is 5.82. The Morgan fingerprint density at radius 2 is 2.05 bits per heavy atom. The second-order valence-electron chi connectivity index (χ2n) is 6.21. The fourth-order valence-corrected chi connectivity index (χ4v) is 3.64. The SMILES string of the molecule is CCC1CN2CCCC2CN1C(=O)c1ccc(CN)cc1. The zero-order valence-corrected chi connectivity index (χ0v) is 12.8. The van der Waals surface area contributed by atoms with Gasteiger partial charge in [0.25, 0.3) is 5.91 Å². The first-order valence-electron chi connectivity index (χ1n) is 8.07. The van der Waals surface area contributed by atoms with E-state index in [0.717, 1.165) is 30.6 Å². The summed E-state index contributed by atoms with van der Waals surface area (Å²) in [5, 5.41) is 0. The topological polar surface area (TPSA) is 49.6 Å². The first-order valence-corrected chi connectivity index (χ1v) is 8.07. The number of piperazine rings is 1. The minimum Gasteiger partial charge on any atom is -0.333 e. The van der Waals surface area contributed by atoms with Gasteiger partial charge in [-0.3, -0.25) is 9.69 Å². The maximum Gasteiger partial charge on any atom is 0.254 e. The van der Waals surface area contributed by atoms with Gasteiger partial charge in [0.1, 0.15) is 0 Å². The smallest absolute Gasteiger partial charge is 0.254 e. The van der Waals surface area contributed by atoms with Gasteiger partial charge in [-0.25, -0.2) is 0 Å². The molecule has 2 saturated heterocycles. The summed E-state index contributed by atoms with van der Waals surface area (Å²) in [7, 11) is 0. The van der Waals surface area contributed by atoms with E-state index in [0.29, 0.717) is 18.6 Å². The van der Waals surface area contributed by atoms with Gasteiger partial charge in [-0.05, 0) is 43.5 Å². The van der Waals surface area contributed by atoms with Crippen LogP contribution in [0.15, 0.2) is 24.3 Å². The second kappa shape index (κ2) is 6.16. The highest BCUT2D eigenvalue weighted by Gasteiger charge is 2.37. The molecule has 2 N–H and O–H groups in total. The van der Waals surface area contributed by atoms with Gasteiger partial charge in [-0.2, -0.15) is 0 Å². The molecule has 2 unspecified atom stereocenters. The molecule has 0 aromatic heterocycles. The average molecular weight is 287 g/mol. The van der Waals surface area contributed by atoms with Crippen LogP contribution in [0.1, 0.15) is 42.1 Å². The number of benzene rings is 1. The van der Waals surface area contributed by atoms with Crippen molar-refractivity contribution in [2.45, 2.75) is 44.8 Å². The maximum atomic E-state index is 12.8. The van der Waals surface area contributed by atoms with Crippen molar-refractivity contribution in [2.24, 2.45) is 5.73 Å². The van der Waals surface area contributed by atoms with Gasteiger partial charge in [0.05, 0.1) is 0 Å². The van der Waals surface area contributed by atoms with Crippen LogP contribution in [0.4, 0.5) is 0 Å². The van der Waals surface area contributed by atoms with Crippen LogP contribution in [-0.2, 0) is 6.54 Å². The zero-order valence-electron chi connectivity index (χ0n) is 12.8. The largest absolute Gasteiger partial charge is 0.333 e. The third-order valence-electron chi connectivity index (χ3n) is 4.96. The maximum absolute atomic E-state index is 12.8. The van der Waals surface area contributed by atoms with Crippen molar-refractivity contribution < 1.29 is 4.79 Å². The molecule has 4 heteroatoms. The molecule has 2 aliphatic rings. The predicted molar refractivity (Wildman–Crippen MR) is 84.0 cm³/mol. The van der Waals surface area contributed by atoms with E-state index in [-0.39, 0.29) is 5.91 Å². The molecule has 0 saturated carbocycles. The van der Waals surface area contributed by atoms with Crippen molar-refractivity contribution >= 4 is 5.91 Å². The van der Waals surface area contributed by atoms with E-state index in [2.05, 4.69) is 16.7 Å². The van der Waals surface area contributed by atoms with Gasteiger partial charge in [-0.1, -0.05) is 19.1 Å². The molecule has 2 fully saturated rings. The molecule has 114 valence electrons. The molecule has 1 aromatic rings. The minimum absolute atomic E-state index is 0.178. The van der Waals surface area contributed by atoms with E-state index in [1.165, 1.54) is 19.4 Å². The lowest BCUT2D eigenvalue weighted by Gasteiger charge is -2.43. The first kappa shape index (κ1) is 14.5. The quantitative estimate of drug-likeness (QED) is 0.923. The fourth-order valence-electron chi connectivity index (χ4n) is 3.64. The van der Waals surface area contributed by atoms with Crippen LogP contribution >= 0.6 is 0 Å². The third kappa shape index (κ3) is 2.83. The number of nitrogens with zero attached hydrogens (tertiary/aromatic N) is 2. The Hall–Kier alpha value is -1.39. The highest BCUT2D eigenvalue weighted by atomic mass is 16.2. The van der Waals surface area contributed by atoms with Crippen LogP contribution in [0.3, 0.4) is 0 Å². The van der Waals surface area contributed by atoms with Crippen molar-refractivity contribution in [2.75, 3.05) is 19.6 Å². The minimum atomic E-state index is 0.178. The molecule has 2 heterocycles. The number of carbonyl (C=O) groups excluding carboxylic acids is 1. The second-order valence-corrected chi connectivity index (χ2v) is 6.21. The van der Waals surface area contributed by atoms with Gasteiger partial charge in [0, 0.05) is 37.3 Å². The van der Waals surface area contributed by atoms with Crippen LogP contribution < -0.4 is 5.73 Å². The summed E-state index contributed by atoms with van der Waals surface area (Å²) in [5.41, 5.74) is 7.48. The molecule has 3 rings (SSSR count). The van der Waals surface area contributed by atoms with E-state index in [9.17, 15) is 4.79 Å². The summed E-state index contributed by atoms with van der Waals surface area (Å²) < 4.78 is 0. The van der Waals surface area contributed by atoms with Crippen molar-refractivity contribution in [3.63, 3.8) is 0 Å². The number of carbonyl (C=O) groups is 1. The molecule has 1 aromatic carbocycles. The molecular formula is C17H25N3O. The zero-order chi connectivity index (χ0) is 14.8. The predicted octanol–water partition coefficient (Wildman–Crippen LogP) is 1.84. The molecule has 2 atom stereocenters. The van der Waals surface area contributed by atoms with E-state index in [4.69, 9.17) is 5.73 Å². The molecule has 4 nitrogen and oxygen atoms in total. The lowest BCUT2D eigenvalue weighted by atomic mass is 10.0. The Bertz CT molecular complexity index is 499. The number of rotatable bonds is 3. The van der Waals surface area contributed by atoms with Gasteiger partial charge in [-0.15, -0.1) is 0 Å². The van der Waals surface area contributed by atoms with Gasteiger partial charge >= 0.3 is 0 Å². The van der Waals surface area contributed by atoms with Gasteiger partial charge in [0.2, 0.25) is 0 Å². The number of hydrogen-bond donors (Lipinski definition) is 1. The highest BCUT2D eigenvalue weighted by molar-refractivity contribution is 5.94. The third-order valence-corrected chi connectivity index (χ3v) is 4.96. The lowest BCUT2D eigenvalue weighted by Crippen LogP contribution is -2.57. The molecule has 0 bridgehead atoms. The highest BCUT2D eigenvalue weighted by Crippen LogP contribution is 2.27. The Kier molecular flexibility index (Phi) is 4.27. The monoisotopic (exact) mass is 287 g/mol. The number of fused-ring (bicyclic) bond motifs is 1. The van der Waals surface area contributed by atoms with Crippen molar-refractivity contribution in [1.29, 1.82) is 0 Å². The molecule has 2 aliphatic heterocycles. The molecular weight excluding hydrogens is 262 g/mol. The Labute approximate surface area is 126 Å². The summed E-state index contributed by atoms with van der Waals surface area (Å²) in [6.07, 6.45) is 3.52. The first-order chi connectivity index (χ1) is 10.2. The van der Waals surface area contributed by atoms with Crippen LogP contribution in [0.25, 0.3) is 0 Å². The molecule has 1 amide bonds. The fraction of sp³-hybridized carbons (Fsp3) is 0.588. The van der Waals surface area contributed by atoms with E-state index >= 15 is 0 Å². The van der Waals surface area contributed by atoms with Gasteiger partial charge < -0.3 is 10.6 Å². The summed E-state index contributed by atoms with van der Waals surface area (Å²) in [5.74, 6) is 0.178. The van der Waals surface area contributed by atoms with Crippen LogP contribution in [0, 0.1) is 0 Å². The Balaban J connectivity index is 1.77. The van der Waals surface area contributed by atoms with Crippen molar-refractivity contribution in [1.82, 2.24) is 9.80 Å². The normalized spacial score (nSPS) is 25.9. The van der Waals surface area contributed by atoms with Crippen LogP contribution in [0.5, 0.6) is 0 Å². The Morgan fingerprint density at radius 3 is 2.71 bits per heavy atom. The summed E-state index contributed by atoms with van der Waals surface area (Å²) in [6, 6.07) is 8.66. The van der Waals surface area contributed by atoms with E-state index in [1.54, 1.807) is 0 Å². The van der Waals surface area contributed by atoms with E-state index in [1.807, 2.05) is 24.3 Å². The number of amides is 1. The number of hydrogen-bond acceptors (Lipinski definition) is 3. The van der Waals surface area contributed by atoms with Crippen molar-refractivity contribution in [3.05, 3.63) is 35.4 Å².